The molecule has 2 aromatic heterocycles. The van der Waals surface area contributed by atoms with Crippen LogP contribution in [0.3, 0.4) is 0 Å². The highest BCUT2D eigenvalue weighted by atomic mass is 35.5. The number of anilines is 1. The van der Waals surface area contributed by atoms with Gasteiger partial charge in [0.1, 0.15) is 17.1 Å². The molecule has 0 aromatic carbocycles. The van der Waals surface area contributed by atoms with Crippen LogP contribution in [0.25, 0.3) is 0 Å². The summed E-state index contributed by atoms with van der Waals surface area (Å²) < 4.78 is 49.7. The SMILES string of the molecule is C[C@@H](COCCC(=O)N1CCN(c2cnc(Cl)cn2)CC1)Oc1cn[nH]c(=O)c1C(F)(F)F. The van der Waals surface area contributed by atoms with Gasteiger partial charge in [0.2, 0.25) is 5.91 Å². The summed E-state index contributed by atoms with van der Waals surface area (Å²) in [7, 11) is 0. The minimum atomic E-state index is -4.89. The van der Waals surface area contributed by atoms with Gasteiger partial charge in [-0.15, -0.1) is 0 Å². The minimum Gasteiger partial charge on any atom is -0.486 e. The van der Waals surface area contributed by atoms with Crippen molar-refractivity contribution in [3.63, 3.8) is 0 Å². The van der Waals surface area contributed by atoms with Crippen LogP contribution < -0.4 is 15.2 Å². The summed E-state index contributed by atoms with van der Waals surface area (Å²) in [6.07, 6.45) is -1.73. The second-order valence-electron chi connectivity index (χ2n) is 7.25. The minimum absolute atomic E-state index is 0.0691. The zero-order valence-corrected chi connectivity index (χ0v) is 18.4. The number of nitrogens with zero attached hydrogens (tertiary/aromatic N) is 5. The van der Waals surface area contributed by atoms with Gasteiger partial charge < -0.3 is 19.3 Å². The summed E-state index contributed by atoms with van der Waals surface area (Å²) >= 11 is 5.74. The number of nitrogens with one attached hydrogen (secondary N) is 1. The third-order valence-corrected chi connectivity index (χ3v) is 5.00. The Bertz CT molecular complexity index is 996. The maximum Gasteiger partial charge on any atom is 0.425 e. The number of aromatic amines is 1. The van der Waals surface area contributed by atoms with Gasteiger partial charge in [0.25, 0.3) is 5.56 Å². The molecule has 1 amide bonds. The van der Waals surface area contributed by atoms with E-state index in [4.69, 9.17) is 21.1 Å². The Kier molecular flexibility index (Phi) is 8.08. The van der Waals surface area contributed by atoms with Crippen molar-refractivity contribution in [3.8, 4) is 5.75 Å². The Morgan fingerprint density at radius 3 is 2.58 bits per heavy atom. The van der Waals surface area contributed by atoms with Crippen molar-refractivity contribution in [2.45, 2.75) is 25.6 Å². The Balaban J connectivity index is 1.39. The standard InChI is InChI=1S/C19H22ClF3N6O4/c1-12(33-13-8-26-27-18(31)17(13)19(21,22)23)11-32-7-2-16(30)29-5-3-28(4-6-29)15-10-24-14(20)9-25-15/h8-10,12H,2-7,11H2,1H3,(H,27,31)/t12-/m0/s1. The van der Waals surface area contributed by atoms with Crippen molar-refractivity contribution in [2.75, 3.05) is 44.3 Å². The van der Waals surface area contributed by atoms with Gasteiger partial charge in [-0.1, -0.05) is 11.6 Å². The number of hydrogen-bond donors (Lipinski definition) is 1. The number of piperazine rings is 1. The Hall–Kier alpha value is -2.93. The molecule has 14 heteroatoms. The number of aromatic nitrogens is 4. The van der Waals surface area contributed by atoms with Crippen molar-refractivity contribution in [1.29, 1.82) is 0 Å². The predicted octanol–water partition coefficient (Wildman–Crippen LogP) is 1.75. The number of ether oxygens (including phenoxy) is 2. The van der Waals surface area contributed by atoms with Crippen molar-refractivity contribution >= 4 is 23.3 Å². The van der Waals surface area contributed by atoms with Gasteiger partial charge in [0.05, 0.1) is 38.2 Å². The largest absolute Gasteiger partial charge is 0.486 e. The first kappa shape index (κ1) is 24.7. The smallest absolute Gasteiger partial charge is 0.425 e. The second kappa shape index (κ2) is 10.8. The zero-order chi connectivity index (χ0) is 24.0. The second-order valence-corrected chi connectivity index (χ2v) is 7.64. The molecule has 1 saturated heterocycles. The highest BCUT2D eigenvalue weighted by Gasteiger charge is 2.38. The van der Waals surface area contributed by atoms with Crippen LogP contribution in [0.4, 0.5) is 19.0 Å². The Morgan fingerprint density at radius 1 is 1.21 bits per heavy atom. The first-order valence-corrected chi connectivity index (χ1v) is 10.4. The van der Waals surface area contributed by atoms with Gasteiger partial charge in [-0.25, -0.2) is 15.1 Å². The molecule has 1 aliphatic rings. The Labute approximate surface area is 191 Å². The molecule has 1 N–H and O–H groups in total. The average molecular weight is 491 g/mol. The summed E-state index contributed by atoms with van der Waals surface area (Å²) in [6.45, 7) is 3.72. The van der Waals surface area contributed by atoms with E-state index in [0.29, 0.717) is 37.1 Å². The lowest BCUT2D eigenvalue weighted by atomic mass is 10.2. The fourth-order valence-electron chi connectivity index (χ4n) is 3.21. The predicted molar refractivity (Wildman–Crippen MR) is 111 cm³/mol. The molecule has 2 aromatic rings. The van der Waals surface area contributed by atoms with Crippen molar-refractivity contribution in [1.82, 2.24) is 25.1 Å². The van der Waals surface area contributed by atoms with Gasteiger partial charge in [-0.05, 0) is 6.92 Å². The van der Waals surface area contributed by atoms with Crippen LogP contribution >= 0.6 is 11.6 Å². The molecule has 33 heavy (non-hydrogen) atoms. The molecule has 3 heterocycles. The van der Waals surface area contributed by atoms with Crippen LogP contribution in [0, 0.1) is 0 Å². The molecular formula is C19H22ClF3N6O4. The number of carbonyl (C=O) groups excluding carboxylic acids is 1. The topological polar surface area (TPSA) is 114 Å². The van der Waals surface area contributed by atoms with E-state index in [0.717, 1.165) is 6.20 Å². The van der Waals surface area contributed by atoms with Crippen LogP contribution in [-0.2, 0) is 15.7 Å². The summed E-state index contributed by atoms with van der Waals surface area (Å²) in [5.74, 6) is -0.0849. The summed E-state index contributed by atoms with van der Waals surface area (Å²) in [5, 5.41) is 5.39. The first-order chi connectivity index (χ1) is 15.6. The third-order valence-electron chi connectivity index (χ3n) is 4.81. The van der Waals surface area contributed by atoms with Crippen molar-refractivity contribution < 1.29 is 27.4 Å². The molecule has 1 fully saturated rings. The monoisotopic (exact) mass is 490 g/mol. The van der Waals surface area contributed by atoms with Gasteiger partial charge in [0, 0.05) is 26.2 Å². The van der Waals surface area contributed by atoms with E-state index in [9.17, 15) is 22.8 Å². The summed E-state index contributed by atoms with van der Waals surface area (Å²) in [5.41, 5.74) is -2.84. The molecule has 180 valence electrons. The van der Waals surface area contributed by atoms with Gasteiger partial charge in [-0.3, -0.25) is 9.59 Å². The molecule has 0 bridgehead atoms. The molecule has 0 radical (unpaired) electrons. The normalized spacial score (nSPS) is 15.4. The lowest BCUT2D eigenvalue weighted by Gasteiger charge is -2.35. The molecular weight excluding hydrogens is 469 g/mol. The molecule has 1 aliphatic heterocycles. The summed E-state index contributed by atoms with van der Waals surface area (Å²) in [6, 6.07) is 0. The van der Waals surface area contributed by atoms with E-state index in [1.165, 1.54) is 13.1 Å². The molecule has 3 rings (SSSR count). The number of amides is 1. The number of alkyl halides is 3. The zero-order valence-electron chi connectivity index (χ0n) is 17.6. The molecule has 1 atom stereocenters. The van der Waals surface area contributed by atoms with Crippen LogP contribution in [0.2, 0.25) is 5.15 Å². The van der Waals surface area contributed by atoms with E-state index >= 15 is 0 Å². The van der Waals surface area contributed by atoms with Crippen LogP contribution in [0.15, 0.2) is 23.4 Å². The number of hydrogen-bond acceptors (Lipinski definition) is 8. The highest BCUT2D eigenvalue weighted by molar-refractivity contribution is 6.29. The molecule has 10 nitrogen and oxygen atoms in total. The van der Waals surface area contributed by atoms with Crippen LogP contribution in [0.1, 0.15) is 18.9 Å². The molecule has 0 saturated carbocycles. The highest BCUT2D eigenvalue weighted by Crippen LogP contribution is 2.33. The molecule has 0 spiro atoms. The average Bonchev–Trinajstić information content (AvgIpc) is 2.76. The van der Waals surface area contributed by atoms with Gasteiger partial charge >= 0.3 is 6.18 Å². The van der Waals surface area contributed by atoms with E-state index in [1.807, 2.05) is 4.90 Å². The van der Waals surface area contributed by atoms with Crippen LogP contribution in [-0.4, -0.2) is 76.5 Å². The van der Waals surface area contributed by atoms with Crippen molar-refractivity contribution in [2.24, 2.45) is 0 Å². The van der Waals surface area contributed by atoms with E-state index < -0.39 is 29.2 Å². The van der Waals surface area contributed by atoms with Gasteiger partial charge in [0.15, 0.2) is 11.3 Å². The number of carbonyl (C=O) groups is 1. The van der Waals surface area contributed by atoms with E-state index in [2.05, 4.69) is 15.1 Å². The molecule has 0 aliphatic carbocycles. The third kappa shape index (κ3) is 6.78. The van der Waals surface area contributed by atoms with Crippen molar-refractivity contribution in [3.05, 3.63) is 39.7 Å². The summed E-state index contributed by atoms with van der Waals surface area (Å²) in [4.78, 5) is 35.8. The van der Waals surface area contributed by atoms with Crippen LogP contribution in [0.5, 0.6) is 5.75 Å². The molecule has 0 unspecified atom stereocenters. The number of rotatable bonds is 8. The fraction of sp³-hybridized carbons (Fsp3) is 0.526. The quantitative estimate of drug-likeness (QED) is 0.557. The maximum atomic E-state index is 13.1. The van der Waals surface area contributed by atoms with E-state index in [1.54, 1.807) is 16.2 Å². The number of H-pyrrole nitrogens is 1. The first-order valence-electron chi connectivity index (χ1n) is 10.0. The Morgan fingerprint density at radius 2 is 1.94 bits per heavy atom. The van der Waals surface area contributed by atoms with E-state index in [-0.39, 0.29) is 25.5 Å². The lowest BCUT2D eigenvalue weighted by molar-refractivity contribution is -0.141. The van der Waals surface area contributed by atoms with Gasteiger partial charge in [-0.2, -0.15) is 18.3 Å². The fourth-order valence-corrected chi connectivity index (χ4v) is 3.31. The lowest BCUT2D eigenvalue weighted by Crippen LogP contribution is -2.49. The number of halogens is 4. The maximum absolute atomic E-state index is 13.1.